The van der Waals surface area contributed by atoms with Gasteiger partial charge in [-0.1, -0.05) is 61.9 Å². The second-order valence-electron chi connectivity index (χ2n) is 23.9. The van der Waals surface area contributed by atoms with Crippen molar-refractivity contribution >= 4 is 54.9 Å². The van der Waals surface area contributed by atoms with Gasteiger partial charge in [0.05, 0.1) is 30.7 Å². The third kappa shape index (κ3) is 12.2. The molecule has 7 fully saturated rings. The number of alkyl halides is 2. The molecule has 4 unspecified atom stereocenters. The normalized spacial score (nSPS) is 20.0. The van der Waals surface area contributed by atoms with Crippen LogP contribution in [-0.4, -0.2) is 135 Å². The lowest BCUT2D eigenvalue weighted by Gasteiger charge is -2.59. The summed E-state index contributed by atoms with van der Waals surface area (Å²) in [6.07, 6.45) is 19.6. The molecule has 1 spiro atoms. The zero-order valence-corrected chi connectivity index (χ0v) is 51.4. The number of hydrogen-bond acceptors (Lipinski definition) is 13. The molecule has 470 valence electrons. The van der Waals surface area contributed by atoms with Crippen LogP contribution >= 0.6 is 0 Å². The average Bonchev–Trinajstić information content (AvgIpc) is 1.75. The number of benzene rings is 6. The predicted octanol–water partition coefficient (Wildman–Crippen LogP) is 14.4. The Bertz CT molecular complexity index is 4270. The van der Waals surface area contributed by atoms with E-state index in [0.717, 1.165) is 88.9 Å². The largest absolute Gasteiger partial charge is 0.508 e. The summed E-state index contributed by atoms with van der Waals surface area (Å²) >= 11 is 0. The number of aromatic nitrogens is 5. The SMILES string of the molecule is C#Cc1c(F)ccc2cc(O)cc(-c3nc(N4CCC45CCC5)c4cnc(OC)nc4c3F)c12.CC.COc1ncc2c(N3CCC3)cc(-c3cc(O)cc4ccc(F)c(C#Cc5ccccc5)c34)c(F)c2n1.FC1CC2CCCN2C1.FC1CC2CCCN2C1. The van der Waals surface area contributed by atoms with Crippen molar-refractivity contribution in [3.8, 4) is 70.1 Å². The lowest BCUT2D eigenvalue weighted by molar-refractivity contribution is 0.150. The van der Waals surface area contributed by atoms with Crippen molar-refractivity contribution in [2.75, 3.05) is 69.8 Å². The third-order valence-electron chi connectivity index (χ3n) is 18.7. The Morgan fingerprint density at radius 2 is 1.16 bits per heavy atom. The van der Waals surface area contributed by atoms with Crippen molar-refractivity contribution < 1.29 is 46.0 Å². The zero-order chi connectivity index (χ0) is 63.7. The van der Waals surface area contributed by atoms with Crippen LogP contribution < -0.4 is 19.3 Å². The first kappa shape index (κ1) is 62.3. The Balaban J connectivity index is 0.000000135. The number of anilines is 2. The number of ether oxygens (including phenoxy) is 2. The van der Waals surface area contributed by atoms with Gasteiger partial charge in [0, 0.05) is 101 Å². The van der Waals surface area contributed by atoms with E-state index in [4.69, 9.17) is 20.9 Å². The van der Waals surface area contributed by atoms with Crippen LogP contribution in [-0.2, 0) is 0 Å². The number of terminal acetylenes is 1. The van der Waals surface area contributed by atoms with E-state index in [0.29, 0.717) is 68.9 Å². The summed E-state index contributed by atoms with van der Waals surface area (Å²) < 4.78 is 97.6. The topological polar surface area (TPSA) is 136 Å². The summed E-state index contributed by atoms with van der Waals surface area (Å²) in [7, 11) is 2.83. The molecule has 7 aliphatic rings. The molecule has 6 aliphatic heterocycles. The minimum atomic E-state index is -0.721. The van der Waals surface area contributed by atoms with Crippen LogP contribution in [0, 0.1) is 47.5 Å². The van der Waals surface area contributed by atoms with Crippen LogP contribution in [0.4, 0.5) is 37.8 Å². The molecule has 9 heterocycles. The van der Waals surface area contributed by atoms with E-state index in [1.165, 1.54) is 88.6 Å². The maximum Gasteiger partial charge on any atom is 0.316 e. The molecular formula is C72H71F6N9O4. The summed E-state index contributed by atoms with van der Waals surface area (Å²) in [5.74, 6) is 6.24. The summed E-state index contributed by atoms with van der Waals surface area (Å²) in [5.41, 5.74) is 2.40. The fourth-order valence-corrected chi connectivity index (χ4v) is 13.9. The minimum Gasteiger partial charge on any atom is -0.508 e. The Morgan fingerprint density at radius 3 is 1.69 bits per heavy atom. The highest BCUT2D eigenvalue weighted by Crippen LogP contribution is 2.51. The van der Waals surface area contributed by atoms with E-state index >= 15 is 13.2 Å². The van der Waals surface area contributed by atoms with E-state index in [1.54, 1.807) is 18.3 Å². The third-order valence-corrected chi connectivity index (χ3v) is 18.7. The van der Waals surface area contributed by atoms with Gasteiger partial charge < -0.3 is 29.5 Å². The van der Waals surface area contributed by atoms with Crippen LogP contribution in [0.25, 0.3) is 65.7 Å². The Hall–Kier alpha value is -8.91. The molecule has 1 saturated carbocycles. The molecule has 0 bridgehead atoms. The molecule has 1 aliphatic carbocycles. The second kappa shape index (κ2) is 26.5. The van der Waals surface area contributed by atoms with E-state index in [2.05, 4.69) is 57.3 Å². The first-order valence-corrected chi connectivity index (χ1v) is 31.4. The van der Waals surface area contributed by atoms with Gasteiger partial charge in [0.25, 0.3) is 0 Å². The number of fused-ring (bicyclic) bond motifs is 6. The van der Waals surface area contributed by atoms with Gasteiger partial charge >= 0.3 is 12.0 Å². The molecule has 4 atom stereocenters. The van der Waals surface area contributed by atoms with Gasteiger partial charge in [-0.25, -0.2) is 41.3 Å². The Morgan fingerprint density at radius 1 is 0.593 bits per heavy atom. The van der Waals surface area contributed by atoms with Crippen LogP contribution in [0.2, 0.25) is 0 Å². The second-order valence-corrected chi connectivity index (χ2v) is 23.9. The average molecular weight is 1240 g/mol. The lowest BCUT2D eigenvalue weighted by Crippen LogP contribution is -2.64. The molecule has 9 aromatic rings. The van der Waals surface area contributed by atoms with E-state index < -0.39 is 35.6 Å². The molecule has 13 nitrogen and oxygen atoms in total. The molecule has 16 rings (SSSR count). The Labute approximate surface area is 525 Å². The predicted molar refractivity (Wildman–Crippen MR) is 344 cm³/mol. The van der Waals surface area contributed by atoms with Crippen molar-refractivity contribution in [1.82, 2.24) is 34.7 Å². The molecule has 19 heteroatoms. The van der Waals surface area contributed by atoms with Crippen LogP contribution in [0.5, 0.6) is 23.5 Å². The Kier molecular flexibility index (Phi) is 18.1. The molecule has 6 aromatic carbocycles. The minimum absolute atomic E-state index is 0.0185. The number of aromatic hydroxyl groups is 2. The van der Waals surface area contributed by atoms with Crippen LogP contribution in [0.3, 0.4) is 0 Å². The fraction of sp³-hybridized carbons (Fsp3) is 0.375. The molecular weight excluding hydrogens is 1170 g/mol. The van der Waals surface area contributed by atoms with Crippen molar-refractivity contribution in [2.45, 2.75) is 114 Å². The highest BCUT2D eigenvalue weighted by atomic mass is 19.2. The van der Waals surface area contributed by atoms with E-state index in [1.807, 2.05) is 44.2 Å². The zero-order valence-electron chi connectivity index (χ0n) is 51.4. The number of pyridine rings is 1. The van der Waals surface area contributed by atoms with Crippen molar-refractivity contribution in [3.05, 3.63) is 137 Å². The summed E-state index contributed by atoms with van der Waals surface area (Å²) in [6.45, 7) is 10.1. The van der Waals surface area contributed by atoms with Crippen molar-refractivity contribution in [3.63, 3.8) is 0 Å². The number of phenols is 2. The van der Waals surface area contributed by atoms with E-state index in [9.17, 15) is 23.4 Å². The number of rotatable bonds is 6. The summed E-state index contributed by atoms with van der Waals surface area (Å²) in [4.78, 5) is 30.6. The molecule has 0 radical (unpaired) electrons. The number of halogens is 6. The van der Waals surface area contributed by atoms with Gasteiger partial charge in [-0.15, -0.1) is 6.42 Å². The van der Waals surface area contributed by atoms with Crippen molar-refractivity contribution in [2.24, 2.45) is 0 Å². The van der Waals surface area contributed by atoms with Gasteiger partial charge in [0.1, 0.15) is 58.0 Å². The van der Waals surface area contributed by atoms with Crippen LogP contribution in [0.1, 0.15) is 101 Å². The number of methoxy groups -OCH3 is 2. The standard InChI is InChI=1S/C30H21F2N3O2.C26H20F2N4O2.2C7H12FN.C2H6/c1-37-30-33-17-24-26(35-12-5-13-35)16-23(28(32)29(24)34-30)22-15-20(36)14-19-9-11-25(31)21(27(19)22)10-8-18-6-3-2-4-7-18;1-3-16-19(27)6-5-14-11-15(33)12-17(20(14)16)22-21(28)23-18(13-29-25(31-23)34-2)24(30-22)32-10-9-26(32)7-4-8-26;2*8-6-4-7-2-1-3-9(7)5-6;1-2/h2-4,6-7,9,11,14-17,36H,5,12-13H2,1H3;1,5-6,11-13,33H,4,7-10H2,2H3;2*6-7H,1-5H2;1-2H3. The highest BCUT2D eigenvalue weighted by molar-refractivity contribution is 6.06. The quantitative estimate of drug-likeness (QED) is 0.121. The van der Waals surface area contributed by atoms with Gasteiger partial charge in [-0.3, -0.25) is 9.80 Å². The van der Waals surface area contributed by atoms with E-state index in [-0.39, 0.29) is 68.0 Å². The monoisotopic (exact) mass is 1240 g/mol. The van der Waals surface area contributed by atoms with Gasteiger partial charge in [0.15, 0.2) is 11.6 Å². The first-order valence-electron chi connectivity index (χ1n) is 31.4. The summed E-state index contributed by atoms with van der Waals surface area (Å²) in [5, 5.41) is 23.7. The smallest absolute Gasteiger partial charge is 0.316 e. The molecule has 6 saturated heterocycles. The van der Waals surface area contributed by atoms with Crippen molar-refractivity contribution in [1.29, 1.82) is 0 Å². The number of phenolic OH excluding ortho intramolecular Hbond substituents is 2. The van der Waals surface area contributed by atoms with Crippen LogP contribution in [0.15, 0.2) is 97.3 Å². The molecule has 91 heavy (non-hydrogen) atoms. The summed E-state index contributed by atoms with van der Waals surface area (Å²) in [6, 6.07) is 23.6. The number of hydrogen-bond donors (Lipinski definition) is 2. The lowest BCUT2D eigenvalue weighted by atomic mass is 9.68. The fourth-order valence-electron chi connectivity index (χ4n) is 13.9. The highest BCUT2D eigenvalue weighted by Gasteiger charge is 2.50. The maximum atomic E-state index is 16.2. The molecule has 0 amide bonds. The molecule has 3 aromatic heterocycles. The van der Waals surface area contributed by atoms with Gasteiger partial charge in [-0.05, 0) is 155 Å². The molecule has 2 N–H and O–H groups in total. The number of nitrogens with zero attached hydrogens (tertiary/aromatic N) is 9. The first-order chi connectivity index (χ1) is 44.2. The van der Waals surface area contributed by atoms with Gasteiger partial charge in [-0.2, -0.15) is 9.97 Å². The van der Waals surface area contributed by atoms with Gasteiger partial charge in [0.2, 0.25) is 0 Å². The maximum absolute atomic E-state index is 16.2.